The van der Waals surface area contributed by atoms with Gasteiger partial charge in [0, 0.05) is 0 Å². The van der Waals surface area contributed by atoms with Gasteiger partial charge in [0.25, 0.3) is 0 Å². The molecule has 0 saturated heterocycles. The summed E-state index contributed by atoms with van der Waals surface area (Å²) in [5, 5.41) is -2.28. The lowest BCUT2D eigenvalue weighted by Crippen LogP contribution is -2.13. The second-order valence-corrected chi connectivity index (χ2v) is 4.24. The Bertz CT molecular complexity index is 641. The number of esters is 2. The van der Waals surface area contributed by atoms with Crippen LogP contribution in [0.15, 0.2) is 48.5 Å². The fourth-order valence-electron chi connectivity index (χ4n) is 1.62. The van der Waals surface area contributed by atoms with Gasteiger partial charge in [0.15, 0.2) is 0 Å². The van der Waals surface area contributed by atoms with Crippen molar-refractivity contribution in [3.05, 3.63) is 59.7 Å². The summed E-state index contributed by atoms with van der Waals surface area (Å²) in [5.41, 5.74) is -1.10. The minimum Gasteiger partial charge on any atom is -0.386 e. The van der Waals surface area contributed by atoms with E-state index in [9.17, 15) is 27.5 Å². The van der Waals surface area contributed by atoms with E-state index in [4.69, 9.17) is 0 Å². The molecule has 0 N–H and O–H groups in total. The molecule has 0 fully saturated rings. The normalized spacial score (nSPS) is 10.1. The molecular weight excluding hydrogens is 320 g/mol. The van der Waals surface area contributed by atoms with E-state index in [0.717, 1.165) is 48.5 Å². The molecule has 0 atom stereocenters. The summed E-state index contributed by atoms with van der Waals surface area (Å²) >= 11 is 0. The van der Waals surface area contributed by atoms with Crippen LogP contribution in [0, 0.1) is 0 Å². The first kappa shape index (κ1) is 16.3. The first-order chi connectivity index (χ1) is 10.9. The Hall–Kier alpha value is -3.10. The zero-order chi connectivity index (χ0) is 17.0. The molecule has 0 bridgehead atoms. The second-order valence-electron chi connectivity index (χ2n) is 4.24. The molecule has 23 heavy (non-hydrogen) atoms. The van der Waals surface area contributed by atoms with Crippen molar-refractivity contribution in [2.45, 2.75) is 0 Å². The SMILES string of the molecule is O=C(OC(=O)c1ccc(N(F)F)cc1)c1ccc(N(F)F)cc1. The molecule has 2 rings (SSSR count). The lowest BCUT2D eigenvalue weighted by Gasteiger charge is -2.06. The van der Waals surface area contributed by atoms with Crippen LogP contribution in [0.25, 0.3) is 0 Å². The monoisotopic (exact) mass is 328 g/mol. The van der Waals surface area contributed by atoms with Gasteiger partial charge in [0.1, 0.15) is 11.4 Å². The maximum atomic E-state index is 12.2. The zero-order valence-electron chi connectivity index (χ0n) is 11.2. The van der Waals surface area contributed by atoms with Gasteiger partial charge < -0.3 is 4.74 Å². The van der Waals surface area contributed by atoms with Crippen molar-refractivity contribution in [3.63, 3.8) is 0 Å². The molecular formula is C14H8F4N2O3. The Morgan fingerprint density at radius 3 is 1.22 bits per heavy atom. The molecule has 0 aliphatic carbocycles. The minimum absolute atomic E-state index is 0.112. The fourth-order valence-corrected chi connectivity index (χ4v) is 1.62. The molecule has 0 radical (unpaired) electrons. The molecule has 0 saturated carbocycles. The lowest BCUT2D eigenvalue weighted by molar-refractivity contribution is 0.0397. The number of carbonyl (C=O) groups excluding carboxylic acids is 2. The van der Waals surface area contributed by atoms with Crippen LogP contribution < -0.4 is 10.7 Å². The smallest absolute Gasteiger partial charge is 0.346 e. The highest BCUT2D eigenvalue weighted by molar-refractivity contribution is 6.02. The van der Waals surface area contributed by atoms with Gasteiger partial charge in [-0.15, -0.1) is 0 Å². The molecule has 0 heterocycles. The van der Waals surface area contributed by atoms with Gasteiger partial charge in [-0.3, -0.25) is 0 Å². The highest BCUT2D eigenvalue weighted by Gasteiger charge is 2.16. The van der Waals surface area contributed by atoms with Crippen LogP contribution in [0.4, 0.5) is 29.3 Å². The van der Waals surface area contributed by atoms with Gasteiger partial charge >= 0.3 is 11.9 Å². The van der Waals surface area contributed by atoms with Crippen LogP contribution in [-0.2, 0) is 4.74 Å². The molecule has 2 aromatic rings. The van der Waals surface area contributed by atoms with Crippen LogP contribution in [0.3, 0.4) is 0 Å². The van der Waals surface area contributed by atoms with E-state index in [-0.39, 0.29) is 11.1 Å². The van der Waals surface area contributed by atoms with Crippen LogP contribution in [0.5, 0.6) is 0 Å². The Kier molecular flexibility index (Phi) is 4.79. The summed E-state index contributed by atoms with van der Waals surface area (Å²) in [4.78, 5) is 23.4. The standard InChI is InChI=1S/C14H8F4N2O3/c15-19(16)11-5-1-9(2-6-11)13(21)23-14(22)10-3-7-12(8-4-10)20(17)18/h1-8H. The number of benzene rings is 2. The summed E-state index contributed by atoms with van der Waals surface area (Å²) in [7, 11) is 0. The number of halogens is 4. The van der Waals surface area contributed by atoms with E-state index >= 15 is 0 Å². The average Bonchev–Trinajstić information content (AvgIpc) is 2.54. The highest BCUT2D eigenvalue weighted by Crippen LogP contribution is 2.18. The van der Waals surface area contributed by atoms with Gasteiger partial charge in [-0.05, 0) is 59.2 Å². The molecule has 0 spiro atoms. The predicted molar refractivity (Wildman–Crippen MR) is 72.0 cm³/mol. The molecule has 0 aliphatic heterocycles. The third kappa shape index (κ3) is 3.96. The Balaban J connectivity index is 2.05. The van der Waals surface area contributed by atoms with Gasteiger partial charge in [0.2, 0.25) is 0 Å². The molecule has 0 unspecified atom stereocenters. The van der Waals surface area contributed by atoms with E-state index < -0.39 is 34.0 Å². The molecule has 0 amide bonds. The summed E-state index contributed by atoms with van der Waals surface area (Å²) < 4.78 is 53.5. The Labute approximate surface area is 127 Å². The highest BCUT2D eigenvalue weighted by atomic mass is 19.4. The van der Waals surface area contributed by atoms with Crippen LogP contribution in [0.1, 0.15) is 20.7 Å². The largest absolute Gasteiger partial charge is 0.386 e. The molecule has 0 aromatic heterocycles. The van der Waals surface area contributed by atoms with E-state index in [1.54, 1.807) is 0 Å². The lowest BCUT2D eigenvalue weighted by atomic mass is 10.2. The average molecular weight is 328 g/mol. The number of anilines is 2. The second kappa shape index (κ2) is 6.77. The molecule has 9 heteroatoms. The summed E-state index contributed by atoms with van der Waals surface area (Å²) in [6.45, 7) is 0. The van der Waals surface area contributed by atoms with Crippen LogP contribution in [-0.4, -0.2) is 11.9 Å². The quantitative estimate of drug-likeness (QED) is 0.369. The van der Waals surface area contributed by atoms with Crippen molar-refractivity contribution >= 4 is 23.3 Å². The molecule has 0 aliphatic rings. The van der Waals surface area contributed by atoms with Crippen LogP contribution >= 0.6 is 0 Å². The minimum atomic E-state index is -1.14. The number of carbonyl (C=O) groups is 2. The summed E-state index contributed by atoms with van der Waals surface area (Å²) in [6.07, 6.45) is 0. The fraction of sp³-hybridized carbons (Fsp3) is 0. The zero-order valence-corrected chi connectivity index (χ0v) is 11.2. The molecule has 2 aromatic carbocycles. The van der Waals surface area contributed by atoms with Crippen molar-refractivity contribution in [3.8, 4) is 0 Å². The summed E-state index contributed by atoms with van der Waals surface area (Å²) in [6, 6.07) is 8.10. The first-order valence-electron chi connectivity index (χ1n) is 6.08. The molecule has 5 nitrogen and oxygen atoms in total. The van der Waals surface area contributed by atoms with Crippen molar-refractivity contribution < 1.29 is 32.3 Å². The maximum absolute atomic E-state index is 12.2. The van der Waals surface area contributed by atoms with Gasteiger partial charge in [0.05, 0.1) is 11.1 Å². The maximum Gasteiger partial charge on any atom is 0.346 e. The van der Waals surface area contributed by atoms with E-state index in [1.165, 1.54) is 0 Å². The third-order valence-electron chi connectivity index (χ3n) is 2.78. The van der Waals surface area contributed by atoms with Crippen molar-refractivity contribution in [1.29, 1.82) is 0 Å². The number of rotatable bonds is 4. The Morgan fingerprint density at radius 1 is 0.652 bits per heavy atom. The molecule has 120 valence electrons. The topological polar surface area (TPSA) is 49.9 Å². The van der Waals surface area contributed by atoms with E-state index in [2.05, 4.69) is 4.74 Å². The van der Waals surface area contributed by atoms with Gasteiger partial charge in [-0.25, -0.2) is 9.59 Å². The number of ether oxygens (including phenoxy) is 1. The third-order valence-corrected chi connectivity index (χ3v) is 2.78. The van der Waals surface area contributed by atoms with Gasteiger partial charge in [-0.2, -0.15) is 0 Å². The number of nitrogens with zero attached hydrogens (tertiary/aromatic N) is 2. The van der Waals surface area contributed by atoms with Gasteiger partial charge in [-0.1, -0.05) is 17.9 Å². The van der Waals surface area contributed by atoms with Crippen molar-refractivity contribution in [1.82, 2.24) is 0 Å². The Morgan fingerprint density at radius 2 is 0.957 bits per heavy atom. The first-order valence-corrected chi connectivity index (χ1v) is 6.08. The van der Waals surface area contributed by atoms with Crippen molar-refractivity contribution in [2.24, 2.45) is 0 Å². The van der Waals surface area contributed by atoms with E-state index in [0.29, 0.717) is 0 Å². The number of hydrogen-bond acceptors (Lipinski definition) is 5. The summed E-state index contributed by atoms with van der Waals surface area (Å²) in [5.74, 6) is -2.10. The number of hydrogen-bond donors (Lipinski definition) is 0. The van der Waals surface area contributed by atoms with E-state index in [1.807, 2.05) is 0 Å². The van der Waals surface area contributed by atoms with Crippen molar-refractivity contribution in [2.75, 3.05) is 10.7 Å². The predicted octanol–water partition coefficient (Wildman–Crippen LogP) is 3.83. The van der Waals surface area contributed by atoms with Crippen LogP contribution in [0.2, 0.25) is 0 Å².